The minimum absolute atomic E-state index is 0.186. The summed E-state index contributed by atoms with van der Waals surface area (Å²) in [7, 11) is -3.86. The van der Waals surface area contributed by atoms with Crippen LogP contribution in [0.1, 0.15) is 23.2 Å². The Morgan fingerprint density at radius 1 is 1.21 bits per heavy atom. The fraction of sp³-hybridized carbons (Fsp3) is 0.227. The molecular formula is C22H18ClF3NO5PS. The summed E-state index contributed by atoms with van der Waals surface area (Å²) in [6.45, 7) is 0.372. The van der Waals surface area contributed by atoms with Gasteiger partial charge in [0.25, 0.3) is 0 Å². The van der Waals surface area contributed by atoms with Crippen LogP contribution in [-0.4, -0.2) is 25.5 Å². The second-order valence-corrected chi connectivity index (χ2v) is 10.7. The molecule has 1 unspecified atom stereocenters. The van der Waals surface area contributed by atoms with E-state index in [0.717, 1.165) is 16.8 Å². The summed E-state index contributed by atoms with van der Waals surface area (Å²) < 4.78 is 66.6. The Morgan fingerprint density at radius 3 is 2.71 bits per heavy atom. The van der Waals surface area contributed by atoms with Crippen LogP contribution in [0.2, 0.25) is 5.02 Å². The minimum atomic E-state index is -4.82. The first-order valence-electron chi connectivity index (χ1n) is 10.0. The zero-order chi connectivity index (χ0) is 24.3. The summed E-state index contributed by atoms with van der Waals surface area (Å²) in [5, 5.41) is 5.38. The van der Waals surface area contributed by atoms with Crippen LogP contribution in [0.25, 0.3) is 16.2 Å². The number of thiophene rings is 1. The van der Waals surface area contributed by atoms with Crippen molar-refractivity contribution in [1.29, 1.82) is 0 Å². The van der Waals surface area contributed by atoms with Crippen molar-refractivity contribution in [1.82, 2.24) is 5.32 Å². The molecule has 12 heteroatoms. The predicted molar refractivity (Wildman–Crippen MR) is 124 cm³/mol. The quantitative estimate of drug-likeness (QED) is 0.350. The Hall–Kier alpha value is -2.36. The number of amides is 1. The van der Waals surface area contributed by atoms with Gasteiger partial charge in [-0.3, -0.25) is 9.36 Å². The van der Waals surface area contributed by atoms with E-state index < -0.39 is 31.3 Å². The first-order valence-corrected chi connectivity index (χ1v) is 12.9. The molecule has 0 aliphatic carbocycles. The Bertz CT molecular complexity index is 1270. The van der Waals surface area contributed by atoms with Crippen LogP contribution in [-0.2, 0) is 18.4 Å². The highest BCUT2D eigenvalue weighted by molar-refractivity contribution is 7.55. The first kappa shape index (κ1) is 24.8. The van der Waals surface area contributed by atoms with E-state index in [9.17, 15) is 22.5 Å². The SMILES string of the molecule is O=C(NC=Cc1cccc(OC(F)(F)F)c1)C(c1csc2ccc(Cl)cc12)P1(=O)OCCCO1. The molecule has 1 aromatic heterocycles. The van der Waals surface area contributed by atoms with Crippen molar-refractivity contribution in [3.63, 3.8) is 0 Å². The number of nitrogens with one attached hydrogen (secondary N) is 1. The van der Waals surface area contributed by atoms with Gasteiger partial charge in [-0.15, -0.1) is 24.5 Å². The molecule has 3 aromatic rings. The molecule has 180 valence electrons. The summed E-state index contributed by atoms with van der Waals surface area (Å²) in [5.74, 6) is -1.04. The lowest BCUT2D eigenvalue weighted by molar-refractivity contribution is -0.274. The predicted octanol–water partition coefficient (Wildman–Crippen LogP) is 6.91. The van der Waals surface area contributed by atoms with Gasteiger partial charge in [-0.2, -0.15) is 0 Å². The van der Waals surface area contributed by atoms with E-state index in [0.29, 0.717) is 28.0 Å². The van der Waals surface area contributed by atoms with Crippen LogP contribution in [0.3, 0.4) is 0 Å². The average molecular weight is 532 g/mol. The van der Waals surface area contributed by atoms with E-state index in [1.165, 1.54) is 35.7 Å². The van der Waals surface area contributed by atoms with E-state index in [1.807, 2.05) is 0 Å². The molecule has 1 N–H and O–H groups in total. The maximum absolute atomic E-state index is 13.5. The summed E-state index contributed by atoms with van der Waals surface area (Å²) in [6.07, 6.45) is -1.63. The van der Waals surface area contributed by atoms with Crippen molar-refractivity contribution < 1.29 is 36.3 Å². The first-order chi connectivity index (χ1) is 16.1. The lowest BCUT2D eigenvalue weighted by Gasteiger charge is -2.29. The lowest BCUT2D eigenvalue weighted by Crippen LogP contribution is -2.28. The highest BCUT2D eigenvalue weighted by Gasteiger charge is 2.45. The van der Waals surface area contributed by atoms with Gasteiger partial charge in [0.2, 0.25) is 5.91 Å². The number of benzene rings is 2. The maximum atomic E-state index is 13.5. The Balaban J connectivity index is 1.60. The van der Waals surface area contributed by atoms with E-state index in [2.05, 4.69) is 10.1 Å². The number of hydrogen-bond acceptors (Lipinski definition) is 6. The number of carbonyl (C=O) groups is 1. The standard InChI is InChI=1S/C22H18ClF3NO5PS/c23-15-5-6-19-17(12-15)18(13-34-19)20(33(29)30-9-2-10-31-33)21(28)27-8-7-14-3-1-4-16(11-14)32-22(24,25)26/h1,3-8,11-13,20H,2,9-10H2,(H,27,28). The molecule has 4 rings (SSSR count). The van der Waals surface area contributed by atoms with Crippen molar-refractivity contribution in [3.05, 3.63) is 70.2 Å². The number of ether oxygens (including phenoxy) is 1. The number of fused-ring (bicyclic) bond motifs is 1. The van der Waals surface area contributed by atoms with Gasteiger partial charge in [-0.1, -0.05) is 23.7 Å². The van der Waals surface area contributed by atoms with E-state index in [1.54, 1.807) is 23.6 Å². The molecule has 1 fully saturated rings. The molecular weight excluding hydrogens is 514 g/mol. The third kappa shape index (κ3) is 5.82. The van der Waals surface area contributed by atoms with E-state index in [4.69, 9.17) is 20.6 Å². The van der Waals surface area contributed by atoms with E-state index >= 15 is 0 Å². The number of halogens is 4. The topological polar surface area (TPSA) is 73.9 Å². The van der Waals surface area contributed by atoms with Crippen LogP contribution in [0.5, 0.6) is 5.75 Å². The van der Waals surface area contributed by atoms with Crippen molar-refractivity contribution >= 4 is 52.6 Å². The van der Waals surface area contributed by atoms with Gasteiger partial charge in [0.15, 0.2) is 5.66 Å². The van der Waals surface area contributed by atoms with Crippen LogP contribution in [0.15, 0.2) is 54.0 Å². The van der Waals surface area contributed by atoms with Gasteiger partial charge in [-0.05, 0) is 64.7 Å². The largest absolute Gasteiger partial charge is 0.573 e. The Labute approximate surface area is 201 Å². The molecule has 1 aliphatic rings. The van der Waals surface area contributed by atoms with Crippen LogP contribution < -0.4 is 10.1 Å². The highest BCUT2D eigenvalue weighted by atomic mass is 35.5. The molecule has 1 saturated heterocycles. The molecule has 1 amide bonds. The number of alkyl halides is 3. The van der Waals surface area contributed by atoms with Crippen LogP contribution in [0, 0.1) is 0 Å². The van der Waals surface area contributed by atoms with Crippen molar-refractivity contribution in [2.45, 2.75) is 18.4 Å². The molecule has 0 spiro atoms. The smallest absolute Gasteiger partial charge is 0.406 e. The lowest BCUT2D eigenvalue weighted by atomic mass is 10.1. The van der Waals surface area contributed by atoms with Gasteiger partial charge < -0.3 is 19.1 Å². The summed E-state index contributed by atoms with van der Waals surface area (Å²) in [4.78, 5) is 13.2. The number of carbonyl (C=O) groups excluding carboxylic acids is 1. The molecule has 0 radical (unpaired) electrons. The van der Waals surface area contributed by atoms with Gasteiger partial charge in [0.05, 0.1) is 13.2 Å². The molecule has 0 saturated carbocycles. The zero-order valence-corrected chi connectivity index (χ0v) is 19.8. The second-order valence-electron chi connectivity index (χ2n) is 7.26. The van der Waals surface area contributed by atoms with Crippen LogP contribution in [0.4, 0.5) is 13.2 Å². The van der Waals surface area contributed by atoms with Crippen molar-refractivity contribution in [3.8, 4) is 5.75 Å². The van der Waals surface area contributed by atoms with Gasteiger partial charge >= 0.3 is 14.0 Å². The van der Waals surface area contributed by atoms with Gasteiger partial charge in [-0.25, -0.2) is 0 Å². The summed E-state index contributed by atoms with van der Waals surface area (Å²) in [5.41, 5.74) is -0.452. The zero-order valence-electron chi connectivity index (χ0n) is 17.4. The highest BCUT2D eigenvalue weighted by Crippen LogP contribution is 2.63. The van der Waals surface area contributed by atoms with Gasteiger partial charge in [0.1, 0.15) is 5.75 Å². The third-order valence-corrected chi connectivity index (χ3v) is 8.30. The summed E-state index contributed by atoms with van der Waals surface area (Å²) >= 11 is 7.50. The normalized spacial score (nSPS) is 17.1. The number of rotatable bonds is 6. The fourth-order valence-electron chi connectivity index (χ4n) is 3.43. The fourth-order valence-corrected chi connectivity index (χ4v) is 6.73. The maximum Gasteiger partial charge on any atom is 0.573 e. The Kier molecular flexibility index (Phi) is 7.35. The molecule has 34 heavy (non-hydrogen) atoms. The minimum Gasteiger partial charge on any atom is -0.406 e. The summed E-state index contributed by atoms with van der Waals surface area (Å²) in [6, 6.07) is 10.4. The molecule has 0 bridgehead atoms. The number of hydrogen-bond donors (Lipinski definition) is 1. The van der Waals surface area contributed by atoms with E-state index in [-0.39, 0.29) is 13.2 Å². The molecule has 1 aliphatic heterocycles. The molecule has 2 heterocycles. The van der Waals surface area contributed by atoms with Crippen LogP contribution >= 0.6 is 30.5 Å². The average Bonchev–Trinajstić information content (AvgIpc) is 3.16. The molecule has 1 atom stereocenters. The van der Waals surface area contributed by atoms with Crippen molar-refractivity contribution in [2.24, 2.45) is 0 Å². The monoisotopic (exact) mass is 531 g/mol. The molecule has 2 aromatic carbocycles. The Morgan fingerprint density at radius 2 is 1.97 bits per heavy atom. The van der Waals surface area contributed by atoms with Crippen molar-refractivity contribution in [2.75, 3.05) is 13.2 Å². The molecule has 6 nitrogen and oxygen atoms in total. The third-order valence-electron chi connectivity index (χ3n) is 4.85. The van der Waals surface area contributed by atoms with Gasteiger partial charge in [0, 0.05) is 15.9 Å². The second kappa shape index (κ2) is 10.1.